The Hall–Kier alpha value is -1.28. The number of allylic oxidation sites excluding steroid dienone is 2. The molecule has 2 heteroatoms. The molecule has 2 atom stereocenters. The van der Waals surface area contributed by atoms with Crippen LogP contribution < -0.4 is 0 Å². The molecule has 1 aliphatic carbocycles. The molecule has 1 saturated heterocycles. The lowest BCUT2D eigenvalue weighted by Gasteiger charge is -2.10. The summed E-state index contributed by atoms with van der Waals surface area (Å²) in [7, 11) is 0. The number of ketones is 1. The summed E-state index contributed by atoms with van der Waals surface area (Å²) in [5, 5.41) is 0.357. The van der Waals surface area contributed by atoms with Gasteiger partial charge in [0.15, 0.2) is 5.78 Å². The normalized spacial score (nSPS) is 31.1. The highest BCUT2D eigenvalue weighted by molar-refractivity contribution is 8.10. The third-order valence-corrected chi connectivity index (χ3v) is 4.31. The van der Waals surface area contributed by atoms with Crippen LogP contribution in [-0.4, -0.2) is 15.8 Å². The Balaban J connectivity index is 1.95. The average molecular weight is 214 g/mol. The molecular formula is C13H10OS. The van der Waals surface area contributed by atoms with Crippen molar-refractivity contribution in [2.45, 2.75) is 10.00 Å². The van der Waals surface area contributed by atoms with Gasteiger partial charge in [-0.1, -0.05) is 54.6 Å². The van der Waals surface area contributed by atoms with Crippen LogP contribution in [-0.2, 0) is 0 Å². The summed E-state index contributed by atoms with van der Waals surface area (Å²) in [6.45, 7) is 0. The van der Waals surface area contributed by atoms with Gasteiger partial charge in [0.25, 0.3) is 0 Å². The topological polar surface area (TPSA) is 17.1 Å². The van der Waals surface area contributed by atoms with Gasteiger partial charge >= 0.3 is 0 Å². The fourth-order valence-corrected chi connectivity index (χ4v) is 3.10. The van der Waals surface area contributed by atoms with Crippen LogP contribution in [0.4, 0.5) is 0 Å². The summed E-state index contributed by atoms with van der Waals surface area (Å²) in [5.41, 5.74) is 0.812. The zero-order valence-corrected chi connectivity index (χ0v) is 8.91. The van der Waals surface area contributed by atoms with E-state index in [0.717, 1.165) is 5.56 Å². The van der Waals surface area contributed by atoms with E-state index in [2.05, 4.69) is 6.08 Å². The number of hydrogen-bond donors (Lipinski definition) is 0. The molecule has 1 aromatic rings. The van der Waals surface area contributed by atoms with E-state index in [-0.39, 0.29) is 10.5 Å². The molecular weight excluding hydrogens is 204 g/mol. The number of carbonyl (C=O) groups excluding carboxylic acids is 1. The molecule has 0 N–H and O–H groups in total. The van der Waals surface area contributed by atoms with E-state index in [4.69, 9.17) is 0 Å². The maximum absolute atomic E-state index is 12.3. The summed E-state index contributed by atoms with van der Waals surface area (Å²) < 4.78 is -0.282. The van der Waals surface area contributed by atoms with Crippen LogP contribution in [0.3, 0.4) is 0 Å². The summed E-state index contributed by atoms with van der Waals surface area (Å²) in [4.78, 5) is 12.3. The lowest BCUT2D eigenvalue weighted by atomic mass is 9.92. The van der Waals surface area contributed by atoms with Gasteiger partial charge in [-0.25, -0.2) is 0 Å². The molecule has 1 aromatic carbocycles. The monoisotopic (exact) mass is 214 g/mol. The lowest BCUT2D eigenvalue weighted by molar-refractivity contribution is 0.0976. The molecule has 15 heavy (non-hydrogen) atoms. The second-order valence-corrected chi connectivity index (χ2v) is 5.19. The van der Waals surface area contributed by atoms with Gasteiger partial charge in [-0.05, 0) is 0 Å². The van der Waals surface area contributed by atoms with Crippen LogP contribution in [0.25, 0.3) is 0 Å². The highest BCUT2D eigenvalue weighted by Gasteiger charge is 2.58. The van der Waals surface area contributed by atoms with Gasteiger partial charge in [-0.3, -0.25) is 4.79 Å². The molecule has 2 aliphatic rings. The molecule has 1 fully saturated rings. The van der Waals surface area contributed by atoms with Crippen molar-refractivity contribution in [3.8, 4) is 0 Å². The van der Waals surface area contributed by atoms with Crippen molar-refractivity contribution in [2.75, 3.05) is 0 Å². The van der Waals surface area contributed by atoms with Gasteiger partial charge in [0.2, 0.25) is 0 Å². The second-order valence-electron chi connectivity index (χ2n) is 3.77. The first-order chi connectivity index (χ1) is 7.33. The summed E-state index contributed by atoms with van der Waals surface area (Å²) >= 11 is 1.73. The molecule has 1 heterocycles. The second kappa shape index (κ2) is 3.11. The Bertz CT molecular complexity index is 461. The minimum atomic E-state index is -0.282. The minimum absolute atomic E-state index is 0.235. The van der Waals surface area contributed by atoms with Gasteiger partial charge in [-0.2, -0.15) is 0 Å². The smallest absolute Gasteiger partial charge is 0.184 e. The van der Waals surface area contributed by atoms with Crippen molar-refractivity contribution < 1.29 is 4.79 Å². The SMILES string of the molecule is O=C(c1ccccc1)C12C=CC=CC1S2. The van der Waals surface area contributed by atoms with E-state index >= 15 is 0 Å². The fraction of sp³-hybridized carbons (Fsp3) is 0.154. The van der Waals surface area contributed by atoms with Crippen molar-refractivity contribution in [2.24, 2.45) is 0 Å². The fourth-order valence-electron chi connectivity index (χ4n) is 1.93. The van der Waals surface area contributed by atoms with Crippen molar-refractivity contribution in [3.05, 3.63) is 60.2 Å². The molecule has 0 bridgehead atoms. The number of carbonyl (C=O) groups is 1. The van der Waals surface area contributed by atoms with Crippen molar-refractivity contribution in [1.29, 1.82) is 0 Å². The first-order valence-electron chi connectivity index (χ1n) is 4.97. The number of hydrogen-bond acceptors (Lipinski definition) is 2. The Morgan fingerprint density at radius 2 is 2.00 bits per heavy atom. The lowest BCUT2D eigenvalue weighted by Crippen LogP contribution is -2.24. The van der Waals surface area contributed by atoms with Gasteiger partial charge in [-0.15, -0.1) is 11.8 Å². The largest absolute Gasteiger partial charge is 0.292 e. The zero-order valence-electron chi connectivity index (χ0n) is 8.09. The molecule has 3 rings (SSSR count). The van der Waals surface area contributed by atoms with Crippen LogP contribution in [0, 0.1) is 0 Å². The van der Waals surface area contributed by atoms with Crippen molar-refractivity contribution >= 4 is 17.5 Å². The van der Waals surface area contributed by atoms with E-state index in [9.17, 15) is 4.79 Å². The van der Waals surface area contributed by atoms with E-state index in [1.807, 2.05) is 48.6 Å². The minimum Gasteiger partial charge on any atom is -0.292 e. The van der Waals surface area contributed by atoms with Crippen LogP contribution in [0.5, 0.6) is 0 Å². The quantitative estimate of drug-likeness (QED) is 0.556. The van der Waals surface area contributed by atoms with E-state index < -0.39 is 0 Å². The predicted molar refractivity (Wildman–Crippen MR) is 63.2 cm³/mol. The summed E-state index contributed by atoms with van der Waals surface area (Å²) in [5.74, 6) is 0.235. The third-order valence-electron chi connectivity index (χ3n) is 2.82. The predicted octanol–water partition coefficient (Wildman–Crippen LogP) is 2.85. The first-order valence-corrected chi connectivity index (χ1v) is 5.84. The van der Waals surface area contributed by atoms with Gasteiger partial charge < -0.3 is 0 Å². The molecule has 1 aliphatic heterocycles. The average Bonchev–Trinajstić information content (AvgIpc) is 3.05. The highest BCUT2D eigenvalue weighted by Crippen LogP contribution is 2.58. The van der Waals surface area contributed by atoms with Crippen LogP contribution >= 0.6 is 11.8 Å². The number of Topliss-reactive ketones (excluding diaryl/α,β-unsaturated/α-hetero) is 1. The molecule has 2 unspecified atom stereocenters. The molecule has 0 saturated carbocycles. The highest BCUT2D eigenvalue weighted by atomic mass is 32.2. The molecule has 74 valence electrons. The van der Waals surface area contributed by atoms with E-state index in [1.54, 1.807) is 11.8 Å². The van der Waals surface area contributed by atoms with Crippen molar-refractivity contribution in [1.82, 2.24) is 0 Å². The van der Waals surface area contributed by atoms with Gasteiger partial charge in [0, 0.05) is 5.56 Å². The maximum Gasteiger partial charge on any atom is 0.184 e. The first kappa shape index (κ1) is 8.98. The molecule has 0 spiro atoms. The molecule has 1 nitrogen and oxygen atoms in total. The summed E-state index contributed by atoms with van der Waals surface area (Å²) in [6.07, 6.45) is 8.11. The van der Waals surface area contributed by atoms with E-state index in [1.165, 1.54) is 0 Å². The van der Waals surface area contributed by atoms with E-state index in [0.29, 0.717) is 5.25 Å². The Morgan fingerprint density at radius 3 is 2.73 bits per heavy atom. The Kier molecular flexibility index (Phi) is 1.86. The number of fused-ring (bicyclic) bond motifs is 1. The maximum atomic E-state index is 12.3. The van der Waals surface area contributed by atoms with Crippen LogP contribution in [0.2, 0.25) is 0 Å². The van der Waals surface area contributed by atoms with Gasteiger partial charge in [0.1, 0.15) is 4.75 Å². The number of benzene rings is 1. The Labute approximate surface area is 92.9 Å². The standard InChI is InChI=1S/C13H10OS/c14-12(10-6-2-1-3-7-10)13-9-5-4-8-11(13)15-13/h1-9,11H. The Morgan fingerprint density at radius 1 is 1.20 bits per heavy atom. The van der Waals surface area contributed by atoms with Crippen LogP contribution in [0.15, 0.2) is 54.6 Å². The number of thioether (sulfide) groups is 1. The number of rotatable bonds is 2. The third kappa shape index (κ3) is 1.29. The molecule has 0 aromatic heterocycles. The zero-order chi connectivity index (χ0) is 10.3. The van der Waals surface area contributed by atoms with Gasteiger partial charge in [0.05, 0.1) is 5.25 Å². The summed E-state index contributed by atoms with van der Waals surface area (Å²) in [6, 6.07) is 9.53. The van der Waals surface area contributed by atoms with Crippen molar-refractivity contribution in [3.63, 3.8) is 0 Å². The molecule has 0 radical (unpaired) electrons. The van der Waals surface area contributed by atoms with Crippen LogP contribution in [0.1, 0.15) is 10.4 Å². The molecule has 0 amide bonds.